The predicted molar refractivity (Wildman–Crippen MR) is 115 cm³/mol. The minimum Gasteiger partial charge on any atom is -0.496 e. The van der Waals surface area contributed by atoms with Crippen molar-refractivity contribution >= 4 is 17.4 Å². The smallest absolute Gasteiger partial charge is 0.265 e. The van der Waals surface area contributed by atoms with Crippen LogP contribution in [0, 0.1) is 20.8 Å². The van der Waals surface area contributed by atoms with Crippen molar-refractivity contribution in [3.8, 4) is 5.75 Å². The van der Waals surface area contributed by atoms with Crippen LogP contribution in [0.1, 0.15) is 70.7 Å². The minimum absolute atomic E-state index is 0.0231. The Hall–Kier alpha value is -1.99. The van der Waals surface area contributed by atoms with E-state index in [0.29, 0.717) is 28.7 Å². The number of methoxy groups -OCH3 is 1. The predicted octanol–water partition coefficient (Wildman–Crippen LogP) is 3.96. The summed E-state index contributed by atoms with van der Waals surface area (Å²) in [4.78, 5) is 15.9. The standard InChI is InChI=1S/C22H30N4O2S/c1-12-13(2)20(28-5)9-8-19(12)15(4)26-17-6-7-18(26)11-16(10-17)23-22(27)21-14(3)24-25-29-21/h8-9,15-18H,6-7,10-11H2,1-5H3,(H,23,27). The van der Waals surface area contributed by atoms with E-state index < -0.39 is 0 Å². The second-order valence-corrected chi connectivity index (χ2v) is 9.20. The van der Waals surface area contributed by atoms with Crippen LogP contribution >= 0.6 is 11.5 Å². The number of hydrogen-bond donors (Lipinski definition) is 1. The van der Waals surface area contributed by atoms with Gasteiger partial charge in [0.2, 0.25) is 0 Å². The topological polar surface area (TPSA) is 67.3 Å². The summed E-state index contributed by atoms with van der Waals surface area (Å²) in [7, 11) is 1.73. The van der Waals surface area contributed by atoms with Gasteiger partial charge in [0.25, 0.3) is 5.91 Å². The highest BCUT2D eigenvalue weighted by atomic mass is 32.1. The highest BCUT2D eigenvalue weighted by Crippen LogP contribution is 2.43. The van der Waals surface area contributed by atoms with Gasteiger partial charge in [-0.3, -0.25) is 9.69 Å². The largest absolute Gasteiger partial charge is 0.496 e. The number of ether oxygens (including phenoxy) is 1. The van der Waals surface area contributed by atoms with Crippen molar-refractivity contribution in [3.63, 3.8) is 0 Å². The van der Waals surface area contributed by atoms with Crippen LogP contribution in [0.15, 0.2) is 12.1 Å². The lowest BCUT2D eigenvalue weighted by Gasteiger charge is -2.43. The maximum Gasteiger partial charge on any atom is 0.265 e. The van der Waals surface area contributed by atoms with E-state index in [0.717, 1.165) is 18.6 Å². The first-order valence-corrected chi connectivity index (χ1v) is 11.2. The molecular weight excluding hydrogens is 384 g/mol. The maximum absolute atomic E-state index is 12.6. The van der Waals surface area contributed by atoms with Gasteiger partial charge in [-0.2, -0.15) is 0 Å². The highest BCUT2D eigenvalue weighted by molar-refractivity contribution is 7.08. The highest BCUT2D eigenvalue weighted by Gasteiger charge is 2.43. The first-order chi connectivity index (χ1) is 13.9. The Balaban J connectivity index is 1.48. The molecule has 0 spiro atoms. The number of aromatic nitrogens is 2. The van der Waals surface area contributed by atoms with Crippen molar-refractivity contribution < 1.29 is 9.53 Å². The van der Waals surface area contributed by atoms with Gasteiger partial charge in [-0.1, -0.05) is 10.6 Å². The number of amides is 1. The molecule has 156 valence electrons. The molecule has 3 unspecified atom stereocenters. The summed E-state index contributed by atoms with van der Waals surface area (Å²) in [6, 6.07) is 5.92. The van der Waals surface area contributed by atoms with E-state index in [1.165, 1.54) is 41.1 Å². The molecule has 6 nitrogen and oxygen atoms in total. The lowest BCUT2D eigenvalue weighted by atomic mass is 9.91. The third-order valence-corrected chi connectivity index (χ3v) is 7.71. The van der Waals surface area contributed by atoms with E-state index >= 15 is 0 Å². The SMILES string of the molecule is COc1ccc(C(C)N2C3CCC2CC(NC(=O)c2snnc2C)C3)c(C)c1C. The molecule has 2 saturated heterocycles. The average molecular weight is 415 g/mol. The van der Waals surface area contributed by atoms with E-state index in [1.54, 1.807) is 7.11 Å². The number of carbonyl (C=O) groups excluding carboxylic acids is 1. The van der Waals surface area contributed by atoms with Crippen molar-refractivity contribution in [1.29, 1.82) is 0 Å². The summed E-state index contributed by atoms with van der Waals surface area (Å²) in [6.07, 6.45) is 4.42. The van der Waals surface area contributed by atoms with Crippen molar-refractivity contribution in [2.45, 2.75) is 77.5 Å². The molecule has 1 N–H and O–H groups in total. The van der Waals surface area contributed by atoms with E-state index in [-0.39, 0.29) is 11.9 Å². The van der Waals surface area contributed by atoms with Gasteiger partial charge in [0, 0.05) is 24.2 Å². The number of benzene rings is 1. The fourth-order valence-corrected chi connectivity index (χ4v) is 5.87. The monoisotopic (exact) mass is 414 g/mol. The number of aryl methyl sites for hydroxylation is 1. The molecule has 3 heterocycles. The first kappa shape index (κ1) is 20.3. The molecule has 3 atom stereocenters. The summed E-state index contributed by atoms with van der Waals surface area (Å²) in [5.41, 5.74) is 4.64. The molecule has 2 bridgehead atoms. The van der Waals surface area contributed by atoms with Crippen molar-refractivity contribution in [1.82, 2.24) is 19.8 Å². The molecule has 0 radical (unpaired) electrons. The Bertz CT molecular complexity index is 898. The zero-order valence-electron chi connectivity index (χ0n) is 17.9. The minimum atomic E-state index is -0.0231. The number of rotatable bonds is 5. The van der Waals surface area contributed by atoms with Gasteiger partial charge >= 0.3 is 0 Å². The van der Waals surface area contributed by atoms with E-state index in [2.05, 4.69) is 52.7 Å². The Morgan fingerprint density at radius 2 is 1.90 bits per heavy atom. The van der Waals surface area contributed by atoms with Gasteiger partial charge in [-0.25, -0.2) is 0 Å². The van der Waals surface area contributed by atoms with Crippen molar-refractivity contribution in [2.24, 2.45) is 0 Å². The fourth-order valence-electron chi connectivity index (χ4n) is 5.31. The number of fused-ring (bicyclic) bond motifs is 2. The number of carbonyl (C=O) groups is 1. The first-order valence-electron chi connectivity index (χ1n) is 10.4. The summed E-state index contributed by atoms with van der Waals surface area (Å²) in [5, 5.41) is 7.21. The van der Waals surface area contributed by atoms with Crippen LogP contribution in [0.25, 0.3) is 0 Å². The van der Waals surface area contributed by atoms with Crippen molar-refractivity contribution in [3.05, 3.63) is 39.4 Å². The summed E-state index contributed by atoms with van der Waals surface area (Å²) < 4.78 is 9.38. The maximum atomic E-state index is 12.6. The van der Waals surface area contributed by atoms with Crippen LogP contribution in [0.5, 0.6) is 5.75 Å². The number of hydrogen-bond acceptors (Lipinski definition) is 6. The third-order valence-electron chi connectivity index (χ3n) is 6.88. The molecule has 2 aliphatic rings. The van der Waals surface area contributed by atoms with Gasteiger partial charge in [-0.15, -0.1) is 5.10 Å². The zero-order valence-corrected chi connectivity index (χ0v) is 18.7. The molecule has 1 amide bonds. The van der Waals surface area contributed by atoms with Gasteiger partial charge in [0.1, 0.15) is 10.6 Å². The average Bonchev–Trinajstić information content (AvgIpc) is 3.24. The summed E-state index contributed by atoms with van der Waals surface area (Å²) in [5.74, 6) is 0.931. The Morgan fingerprint density at radius 3 is 2.48 bits per heavy atom. The molecule has 0 aliphatic carbocycles. The summed E-state index contributed by atoms with van der Waals surface area (Å²) in [6.45, 7) is 8.50. The summed E-state index contributed by atoms with van der Waals surface area (Å²) >= 11 is 1.18. The Labute approximate surface area is 176 Å². The second kappa shape index (κ2) is 8.03. The van der Waals surface area contributed by atoms with Gasteiger partial charge < -0.3 is 10.1 Å². The Kier molecular flexibility index (Phi) is 5.62. The van der Waals surface area contributed by atoms with Gasteiger partial charge in [0.05, 0.1) is 12.8 Å². The molecule has 2 aromatic rings. The zero-order chi connectivity index (χ0) is 20.7. The molecule has 29 heavy (non-hydrogen) atoms. The number of nitrogens with one attached hydrogen (secondary N) is 1. The molecule has 2 aliphatic heterocycles. The quantitative estimate of drug-likeness (QED) is 0.802. The van der Waals surface area contributed by atoms with E-state index in [4.69, 9.17) is 4.74 Å². The number of nitrogens with zero attached hydrogens (tertiary/aromatic N) is 3. The molecule has 1 aromatic heterocycles. The van der Waals surface area contributed by atoms with Crippen LogP contribution in [0.2, 0.25) is 0 Å². The van der Waals surface area contributed by atoms with Crippen LogP contribution in [-0.4, -0.2) is 45.6 Å². The van der Waals surface area contributed by atoms with E-state index in [1.807, 2.05) is 6.92 Å². The third kappa shape index (κ3) is 3.66. The second-order valence-electron chi connectivity index (χ2n) is 8.44. The van der Waals surface area contributed by atoms with Gasteiger partial charge in [0.15, 0.2) is 0 Å². The Morgan fingerprint density at radius 1 is 1.21 bits per heavy atom. The molecule has 2 fully saturated rings. The van der Waals surface area contributed by atoms with E-state index in [9.17, 15) is 4.79 Å². The number of piperidine rings is 1. The van der Waals surface area contributed by atoms with Gasteiger partial charge in [-0.05, 0) is 87.7 Å². The van der Waals surface area contributed by atoms with Crippen LogP contribution in [0.3, 0.4) is 0 Å². The molecular formula is C22H30N4O2S. The molecule has 4 rings (SSSR count). The normalized spacial score (nSPS) is 25.1. The lowest BCUT2D eigenvalue weighted by Crippen LogP contribution is -2.51. The fraction of sp³-hybridized carbons (Fsp3) is 0.591. The lowest BCUT2D eigenvalue weighted by molar-refractivity contribution is 0.0691. The molecule has 7 heteroatoms. The van der Waals surface area contributed by atoms with Crippen LogP contribution in [0.4, 0.5) is 0 Å². The van der Waals surface area contributed by atoms with Crippen LogP contribution in [-0.2, 0) is 0 Å². The van der Waals surface area contributed by atoms with Crippen molar-refractivity contribution in [2.75, 3.05) is 7.11 Å². The molecule has 1 aromatic carbocycles. The molecule has 0 saturated carbocycles. The van der Waals surface area contributed by atoms with Crippen LogP contribution < -0.4 is 10.1 Å².